The quantitative estimate of drug-likeness (QED) is 0.722. The van der Waals surface area contributed by atoms with E-state index in [0.717, 1.165) is 17.8 Å². The van der Waals surface area contributed by atoms with Crippen LogP contribution in [0.15, 0.2) is 18.3 Å². The third-order valence-corrected chi connectivity index (χ3v) is 4.17. The number of hydrogen-bond donors (Lipinski definition) is 2. The minimum atomic E-state index is -4.44. The van der Waals surface area contributed by atoms with E-state index in [1.54, 1.807) is 13.8 Å². The molecular weight excluding hydrogens is 418 g/mol. The summed E-state index contributed by atoms with van der Waals surface area (Å²) in [5.41, 5.74) is 1.23. The van der Waals surface area contributed by atoms with Gasteiger partial charge in [0.2, 0.25) is 5.91 Å². The van der Waals surface area contributed by atoms with Gasteiger partial charge in [0.25, 0.3) is 0 Å². The van der Waals surface area contributed by atoms with Crippen molar-refractivity contribution in [2.75, 3.05) is 13.6 Å². The van der Waals surface area contributed by atoms with Gasteiger partial charge in [0.15, 0.2) is 5.82 Å². The second-order valence-corrected chi connectivity index (χ2v) is 6.13. The summed E-state index contributed by atoms with van der Waals surface area (Å²) in [7, 11) is 1.81. The summed E-state index contributed by atoms with van der Waals surface area (Å²) in [4.78, 5) is 16.0. The Morgan fingerprint density at radius 3 is 2.39 bits per heavy atom. The van der Waals surface area contributed by atoms with Crippen molar-refractivity contribution in [1.82, 2.24) is 25.4 Å². The van der Waals surface area contributed by atoms with Crippen LogP contribution in [0.1, 0.15) is 29.4 Å². The molecule has 0 aliphatic heterocycles. The number of pyridine rings is 1. The van der Waals surface area contributed by atoms with Crippen molar-refractivity contribution in [2.45, 2.75) is 39.4 Å². The third kappa shape index (κ3) is 6.35. The van der Waals surface area contributed by atoms with Crippen LogP contribution in [0.4, 0.5) is 13.2 Å². The molecule has 0 spiro atoms. The number of likely N-dealkylation sites (N-methyl/N-ethyl adjacent to an activating group) is 1. The van der Waals surface area contributed by atoms with Crippen LogP contribution in [0.5, 0.6) is 0 Å². The van der Waals surface area contributed by atoms with Crippen LogP contribution < -0.4 is 10.6 Å². The minimum Gasteiger partial charge on any atom is -0.354 e. The van der Waals surface area contributed by atoms with Crippen molar-refractivity contribution in [1.29, 1.82) is 0 Å². The first kappa shape index (κ1) is 26.2. The Kier molecular flexibility index (Phi) is 9.94. The Morgan fingerprint density at radius 1 is 1.25 bits per heavy atom. The molecule has 6 nitrogen and oxygen atoms in total. The highest BCUT2D eigenvalue weighted by Crippen LogP contribution is 2.29. The van der Waals surface area contributed by atoms with E-state index in [0.29, 0.717) is 17.9 Å². The molecule has 0 saturated heterocycles. The van der Waals surface area contributed by atoms with Gasteiger partial charge in [-0.05, 0) is 40.0 Å². The van der Waals surface area contributed by atoms with Gasteiger partial charge in [0.1, 0.15) is 0 Å². The van der Waals surface area contributed by atoms with E-state index >= 15 is 0 Å². The van der Waals surface area contributed by atoms with Gasteiger partial charge in [0, 0.05) is 30.0 Å². The molecule has 0 aliphatic carbocycles. The SMILES string of the molecule is CNC(C)CNC(=O)Cc1c(C)nn(-c2ccc(C(F)(F)F)cn2)c1C.Cl.Cl. The second-order valence-electron chi connectivity index (χ2n) is 6.13. The smallest absolute Gasteiger partial charge is 0.354 e. The molecule has 1 unspecified atom stereocenters. The van der Waals surface area contributed by atoms with Crippen LogP contribution in [0.2, 0.25) is 0 Å². The number of aromatic nitrogens is 3. The molecule has 0 bridgehead atoms. The predicted molar refractivity (Wildman–Crippen MR) is 106 cm³/mol. The molecule has 2 N–H and O–H groups in total. The van der Waals surface area contributed by atoms with Crippen molar-refractivity contribution in [2.24, 2.45) is 0 Å². The molecule has 2 aromatic heterocycles. The fourth-order valence-electron chi connectivity index (χ4n) is 2.42. The number of aryl methyl sites for hydroxylation is 1. The molecular formula is C17H24Cl2F3N5O. The number of nitrogens with zero attached hydrogens (tertiary/aromatic N) is 3. The van der Waals surface area contributed by atoms with Gasteiger partial charge in [-0.2, -0.15) is 18.3 Å². The Balaban J connectivity index is 0.00000364. The molecule has 1 amide bonds. The second kappa shape index (κ2) is 10.6. The summed E-state index contributed by atoms with van der Waals surface area (Å²) in [5, 5.41) is 10.2. The summed E-state index contributed by atoms with van der Waals surface area (Å²) in [6.45, 7) is 5.97. The van der Waals surface area contributed by atoms with Crippen LogP contribution in [-0.2, 0) is 17.4 Å². The number of nitrogens with one attached hydrogen (secondary N) is 2. The lowest BCUT2D eigenvalue weighted by Crippen LogP contribution is -2.37. The highest BCUT2D eigenvalue weighted by atomic mass is 35.5. The van der Waals surface area contributed by atoms with E-state index in [2.05, 4.69) is 20.7 Å². The van der Waals surface area contributed by atoms with Crippen molar-refractivity contribution in [3.8, 4) is 5.82 Å². The molecule has 2 heterocycles. The van der Waals surface area contributed by atoms with Crippen LogP contribution in [0.25, 0.3) is 5.82 Å². The van der Waals surface area contributed by atoms with Gasteiger partial charge in [-0.25, -0.2) is 9.67 Å². The van der Waals surface area contributed by atoms with Gasteiger partial charge in [0.05, 0.1) is 17.7 Å². The zero-order valence-electron chi connectivity index (χ0n) is 15.9. The molecule has 2 rings (SSSR count). The van der Waals surface area contributed by atoms with E-state index in [4.69, 9.17) is 0 Å². The number of carbonyl (C=O) groups is 1. The number of amides is 1. The summed E-state index contributed by atoms with van der Waals surface area (Å²) in [6, 6.07) is 2.38. The first-order valence-electron chi connectivity index (χ1n) is 8.16. The Bertz CT molecular complexity index is 778. The fourth-order valence-corrected chi connectivity index (χ4v) is 2.42. The zero-order valence-corrected chi connectivity index (χ0v) is 17.6. The van der Waals surface area contributed by atoms with E-state index in [1.165, 1.54) is 10.7 Å². The lowest BCUT2D eigenvalue weighted by atomic mass is 10.1. The molecule has 2 aromatic rings. The molecule has 0 saturated carbocycles. The Labute approximate surface area is 174 Å². The predicted octanol–water partition coefficient (Wildman–Crippen LogP) is 3.01. The van der Waals surface area contributed by atoms with Gasteiger partial charge in [-0.3, -0.25) is 4.79 Å². The highest BCUT2D eigenvalue weighted by Gasteiger charge is 2.30. The van der Waals surface area contributed by atoms with E-state index in [-0.39, 0.29) is 49.0 Å². The van der Waals surface area contributed by atoms with Gasteiger partial charge >= 0.3 is 6.18 Å². The van der Waals surface area contributed by atoms with Crippen molar-refractivity contribution in [3.63, 3.8) is 0 Å². The van der Waals surface area contributed by atoms with E-state index in [9.17, 15) is 18.0 Å². The Morgan fingerprint density at radius 2 is 1.89 bits per heavy atom. The van der Waals surface area contributed by atoms with Gasteiger partial charge in [-0.1, -0.05) is 0 Å². The van der Waals surface area contributed by atoms with Crippen molar-refractivity contribution in [3.05, 3.63) is 40.8 Å². The first-order chi connectivity index (χ1) is 12.1. The molecule has 158 valence electrons. The molecule has 1 atom stereocenters. The van der Waals surface area contributed by atoms with E-state index < -0.39 is 11.7 Å². The molecule has 0 aromatic carbocycles. The summed E-state index contributed by atoms with van der Waals surface area (Å²) in [6.07, 6.45) is -3.51. The highest BCUT2D eigenvalue weighted by molar-refractivity contribution is 5.85. The molecule has 28 heavy (non-hydrogen) atoms. The van der Waals surface area contributed by atoms with Crippen LogP contribution in [0.3, 0.4) is 0 Å². The number of halogens is 5. The number of alkyl halides is 3. The van der Waals surface area contributed by atoms with E-state index in [1.807, 2.05) is 14.0 Å². The summed E-state index contributed by atoms with van der Waals surface area (Å²) in [5.74, 6) is 0.132. The van der Waals surface area contributed by atoms with Crippen molar-refractivity contribution < 1.29 is 18.0 Å². The monoisotopic (exact) mass is 441 g/mol. The maximum absolute atomic E-state index is 12.7. The molecule has 0 aliphatic rings. The van der Waals surface area contributed by atoms with Crippen molar-refractivity contribution >= 4 is 30.7 Å². The maximum atomic E-state index is 12.7. The normalized spacial score (nSPS) is 12.0. The van der Waals surface area contributed by atoms with Gasteiger partial charge in [-0.15, -0.1) is 24.8 Å². The van der Waals surface area contributed by atoms with Gasteiger partial charge < -0.3 is 10.6 Å². The third-order valence-electron chi connectivity index (χ3n) is 4.17. The Hall–Kier alpha value is -1.84. The average Bonchev–Trinajstić information content (AvgIpc) is 2.87. The first-order valence-corrected chi connectivity index (χ1v) is 8.16. The molecule has 0 fully saturated rings. The summed E-state index contributed by atoms with van der Waals surface area (Å²) >= 11 is 0. The average molecular weight is 442 g/mol. The maximum Gasteiger partial charge on any atom is 0.417 e. The summed E-state index contributed by atoms with van der Waals surface area (Å²) < 4.78 is 39.4. The standard InChI is InChI=1S/C17H22F3N5O.2ClH/c1-10(21-4)8-23-16(26)7-14-11(2)24-25(12(14)3)15-6-5-13(9-22-15)17(18,19)20;;/h5-6,9-10,21H,7-8H2,1-4H3,(H,23,26);2*1H. The van der Waals surface area contributed by atoms with Crippen LogP contribution in [-0.4, -0.2) is 40.3 Å². The lowest BCUT2D eigenvalue weighted by Gasteiger charge is -2.11. The fraction of sp³-hybridized carbons (Fsp3) is 0.471. The van der Waals surface area contributed by atoms with Crippen LogP contribution >= 0.6 is 24.8 Å². The number of carbonyl (C=O) groups excluding carboxylic acids is 1. The minimum absolute atomic E-state index is 0. The number of rotatable bonds is 6. The molecule has 11 heteroatoms. The largest absolute Gasteiger partial charge is 0.417 e. The topological polar surface area (TPSA) is 71.8 Å². The zero-order chi connectivity index (χ0) is 19.5. The van der Waals surface area contributed by atoms with Crippen LogP contribution in [0, 0.1) is 13.8 Å². The lowest BCUT2D eigenvalue weighted by molar-refractivity contribution is -0.137. The molecule has 0 radical (unpaired) electrons. The number of hydrogen-bond acceptors (Lipinski definition) is 4.